The van der Waals surface area contributed by atoms with Gasteiger partial charge in [-0.15, -0.1) is 0 Å². The summed E-state index contributed by atoms with van der Waals surface area (Å²) in [6.45, 7) is 0.374. The Labute approximate surface area is 103 Å². The maximum absolute atomic E-state index is 13.0. The Kier molecular flexibility index (Phi) is 4.34. The molecule has 0 spiro atoms. The molecule has 94 valence electrons. The minimum Gasteiger partial charge on any atom is -0.309 e. The molecule has 1 aliphatic rings. The van der Waals surface area contributed by atoms with E-state index in [1.165, 1.54) is 5.75 Å². The molecular formula is C12H14F3NS. The first kappa shape index (κ1) is 12.8. The van der Waals surface area contributed by atoms with Gasteiger partial charge in [-0.25, -0.2) is 13.2 Å². The Morgan fingerprint density at radius 3 is 2.53 bits per heavy atom. The van der Waals surface area contributed by atoms with Gasteiger partial charge in [0.25, 0.3) is 0 Å². The lowest BCUT2D eigenvalue weighted by Crippen LogP contribution is -2.33. The van der Waals surface area contributed by atoms with Gasteiger partial charge in [-0.1, -0.05) is 0 Å². The number of nitrogens with one attached hydrogen (secondary N) is 1. The SMILES string of the molecule is Fc1cc(CNC2CCCSC2)cc(F)c1F. The van der Waals surface area contributed by atoms with Crippen molar-refractivity contribution in [2.24, 2.45) is 0 Å². The maximum Gasteiger partial charge on any atom is 0.194 e. The normalized spacial score (nSPS) is 20.5. The molecule has 1 N–H and O–H groups in total. The zero-order valence-electron chi connectivity index (χ0n) is 9.31. The van der Waals surface area contributed by atoms with Crippen molar-refractivity contribution in [1.82, 2.24) is 5.32 Å². The highest BCUT2D eigenvalue weighted by atomic mass is 32.2. The van der Waals surface area contributed by atoms with Crippen LogP contribution in [0, 0.1) is 17.5 Å². The number of benzene rings is 1. The molecule has 0 saturated carbocycles. The van der Waals surface area contributed by atoms with E-state index in [2.05, 4.69) is 5.32 Å². The molecule has 1 unspecified atom stereocenters. The summed E-state index contributed by atoms with van der Waals surface area (Å²) < 4.78 is 38.6. The second kappa shape index (κ2) is 5.78. The summed E-state index contributed by atoms with van der Waals surface area (Å²) in [6, 6.07) is 2.47. The van der Waals surface area contributed by atoms with Gasteiger partial charge >= 0.3 is 0 Å². The number of hydrogen-bond acceptors (Lipinski definition) is 2. The lowest BCUT2D eigenvalue weighted by atomic mass is 10.1. The smallest absolute Gasteiger partial charge is 0.194 e. The number of halogens is 3. The first-order valence-electron chi connectivity index (χ1n) is 5.61. The molecule has 1 nitrogen and oxygen atoms in total. The van der Waals surface area contributed by atoms with Crippen molar-refractivity contribution in [3.8, 4) is 0 Å². The molecule has 1 fully saturated rings. The van der Waals surface area contributed by atoms with E-state index in [0.29, 0.717) is 18.2 Å². The lowest BCUT2D eigenvalue weighted by molar-refractivity contribution is 0.442. The number of rotatable bonds is 3. The van der Waals surface area contributed by atoms with E-state index in [-0.39, 0.29) is 0 Å². The van der Waals surface area contributed by atoms with Crippen LogP contribution in [0.4, 0.5) is 13.2 Å². The summed E-state index contributed by atoms with van der Waals surface area (Å²) in [6.07, 6.45) is 2.24. The van der Waals surface area contributed by atoms with Crippen LogP contribution < -0.4 is 5.32 Å². The highest BCUT2D eigenvalue weighted by Crippen LogP contribution is 2.18. The van der Waals surface area contributed by atoms with Crippen LogP contribution in [-0.2, 0) is 6.54 Å². The molecular weight excluding hydrogens is 247 g/mol. The molecule has 0 amide bonds. The topological polar surface area (TPSA) is 12.0 Å². The van der Waals surface area contributed by atoms with E-state index in [9.17, 15) is 13.2 Å². The fourth-order valence-corrected chi connectivity index (χ4v) is 2.98. The molecule has 1 saturated heterocycles. The summed E-state index contributed by atoms with van der Waals surface area (Å²) in [7, 11) is 0. The molecule has 0 aliphatic carbocycles. The van der Waals surface area contributed by atoms with Gasteiger partial charge < -0.3 is 5.32 Å². The Morgan fingerprint density at radius 2 is 1.94 bits per heavy atom. The fourth-order valence-electron chi connectivity index (χ4n) is 1.87. The van der Waals surface area contributed by atoms with Gasteiger partial charge in [-0.05, 0) is 36.3 Å². The third kappa shape index (κ3) is 3.39. The van der Waals surface area contributed by atoms with Crippen molar-refractivity contribution >= 4 is 11.8 Å². The second-order valence-corrected chi connectivity index (χ2v) is 5.32. The molecule has 0 bridgehead atoms. The summed E-state index contributed by atoms with van der Waals surface area (Å²) in [5.41, 5.74) is 0.442. The van der Waals surface area contributed by atoms with Crippen LogP contribution in [-0.4, -0.2) is 17.5 Å². The molecule has 1 aliphatic heterocycles. The van der Waals surface area contributed by atoms with Crippen LogP contribution in [0.5, 0.6) is 0 Å². The largest absolute Gasteiger partial charge is 0.309 e. The average Bonchev–Trinajstić information content (AvgIpc) is 2.34. The van der Waals surface area contributed by atoms with E-state index < -0.39 is 17.5 Å². The van der Waals surface area contributed by atoms with Crippen LogP contribution in [0.1, 0.15) is 18.4 Å². The minimum absolute atomic E-state index is 0.374. The molecule has 1 atom stereocenters. The highest BCUT2D eigenvalue weighted by molar-refractivity contribution is 7.99. The molecule has 1 aromatic carbocycles. The van der Waals surface area contributed by atoms with E-state index in [1.54, 1.807) is 0 Å². The number of hydrogen-bond donors (Lipinski definition) is 1. The van der Waals surface area contributed by atoms with Gasteiger partial charge in [-0.2, -0.15) is 11.8 Å². The van der Waals surface area contributed by atoms with Crippen LogP contribution in [0.2, 0.25) is 0 Å². The van der Waals surface area contributed by atoms with Gasteiger partial charge in [0, 0.05) is 18.3 Å². The van der Waals surface area contributed by atoms with Gasteiger partial charge in [0.05, 0.1) is 0 Å². The fraction of sp³-hybridized carbons (Fsp3) is 0.500. The van der Waals surface area contributed by atoms with E-state index in [0.717, 1.165) is 30.7 Å². The van der Waals surface area contributed by atoms with Crippen molar-refractivity contribution in [3.05, 3.63) is 35.1 Å². The van der Waals surface area contributed by atoms with Crippen LogP contribution >= 0.6 is 11.8 Å². The molecule has 1 heterocycles. The van der Waals surface area contributed by atoms with E-state index in [4.69, 9.17) is 0 Å². The lowest BCUT2D eigenvalue weighted by Gasteiger charge is -2.22. The maximum atomic E-state index is 13.0. The molecule has 5 heteroatoms. The van der Waals surface area contributed by atoms with Gasteiger partial charge in [0.2, 0.25) is 0 Å². The van der Waals surface area contributed by atoms with Crippen molar-refractivity contribution in [2.75, 3.05) is 11.5 Å². The summed E-state index contributed by atoms with van der Waals surface area (Å²) in [5, 5.41) is 3.24. The molecule has 17 heavy (non-hydrogen) atoms. The molecule has 1 aromatic rings. The summed E-state index contributed by atoms with van der Waals surface area (Å²) in [4.78, 5) is 0. The minimum atomic E-state index is -1.40. The molecule has 0 aromatic heterocycles. The average molecular weight is 261 g/mol. The zero-order valence-corrected chi connectivity index (χ0v) is 10.1. The Bertz CT molecular complexity index is 368. The predicted molar refractivity (Wildman–Crippen MR) is 63.5 cm³/mol. The standard InChI is InChI=1S/C12H14F3NS/c13-10-4-8(5-11(14)12(10)15)6-16-9-2-1-3-17-7-9/h4-5,9,16H,1-3,6-7H2. The quantitative estimate of drug-likeness (QED) is 0.839. The van der Waals surface area contributed by atoms with Crippen LogP contribution in [0.3, 0.4) is 0 Å². The third-order valence-corrected chi connectivity index (χ3v) is 4.01. The highest BCUT2D eigenvalue weighted by Gasteiger charge is 2.14. The monoisotopic (exact) mass is 261 g/mol. The summed E-state index contributed by atoms with van der Waals surface area (Å²) in [5.74, 6) is -1.45. The van der Waals surface area contributed by atoms with Crippen LogP contribution in [0.15, 0.2) is 12.1 Å². The van der Waals surface area contributed by atoms with Crippen molar-refractivity contribution in [3.63, 3.8) is 0 Å². The van der Waals surface area contributed by atoms with Crippen molar-refractivity contribution in [2.45, 2.75) is 25.4 Å². The molecule has 2 rings (SSSR count). The van der Waals surface area contributed by atoms with Gasteiger partial charge in [-0.3, -0.25) is 0 Å². The van der Waals surface area contributed by atoms with E-state index >= 15 is 0 Å². The van der Waals surface area contributed by atoms with Crippen LogP contribution in [0.25, 0.3) is 0 Å². The van der Waals surface area contributed by atoms with Gasteiger partial charge in [0.15, 0.2) is 17.5 Å². The van der Waals surface area contributed by atoms with Crippen molar-refractivity contribution in [1.29, 1.82) is 0 Å². The Hall–Kier alpha value is -0.680. The van der Waals surface area contributed by atoms with E-state index in [1.807, 2.05) is 11.8 Å². The summed E-state index contributed by atoms with van der Waals surface area (Å²) >= 11 is 1.88. The predicted octanol–water partition coefficient (Wildman–Crippen LogP) is 3.09. The van der Waals surface area contributed by atoms with Gasteiger partial charge in [0.1, 0.15) is 0 Å². The van der Waals surface area contributed by atoms with Crippen molar-refractivity contribution < 1.29 is 13.2 Å². The molecule has 0 radical (unpaired) electrons. The zero-order chi connectivity index (χ0) is 12.3. The Balaban J connectivity index is 1.94. The first-order valence-corrected chi connectivity index (χ1v) is 6.77. The third-order valence-electron chi connectivity index (χ3n) is 2.80. The first-order chi connectivity index (χ1) is 8.16. The Morgan fingerprint density at radius 1 is 1.24 bits per heavy atom. The number of thioether (sulfide) groups is 1. The second-order valence-electron chi connectivity index (χ2n) is 4.17.